The lowest BCUT2D eigenvalue weighted by Gasteiger charge is -2.15. The van der Waals surface area contributed by atoms with Crippen molar-refractivity contribution >= 4 is 0 Å². The number of hydrogen-bond donors (Lipinski definition) is 1. The molecule has 3 nitrogen and oxygen atoms in total. The molecule has 0 aliphatic rings. The third kappa shape index (κ3) is 2.27. The fourth-order valence-corrected chi connectivity index (χ4v) is 1.23. The van der Waals surface area contributed by atoms with Crippen LogP contribution in [0.1, 0.15) is 24.9 Å². The highest BCUT2D eigenvalue weighted by molar-refractivity contribution is 5.16. The fourth-order valence-electron chi connectivity index (χ4n) is 1.23. The van der Waals surface area contributed by atoms with E-state index in [2.05, 4.69) is 11.1 Å². The van der Waals surface area contributed by atoms with Crippen LogP contribution >= 0.6 is 0 Å². The van der Waals surface area contributed by atoms with E-state index < -0.39 is 0 Å². The maximum atomic E-state index is 8.81. The molecule has 2 atom stereocenters. The van der Waals surface area contributed by atoms with Gasteiger partial charge in [-0.1, -0.05) is 13.0 Å². The highest BCUT2D eigenvalue weighted by Crippen LogP contribution is 2.20. The van der Waals surface area contributed by atoms with Crippen molar-refractivity contribution in [2.24, 2.45) is 11.7 Å². The first kappa shape index (κ1) is 9.69. The minimum absolute atomic E-state index is 0.121. The molecule has 0 fully saturated rings. The van der Waals surface area contributed by atoms with Gasteiger partial charge >= 0.3 is 0 Å². The molecule has 0 saturated heterocycles. The van der Waals surface area contributed by atoms with Gasteiger partial charge in [-0.15, -0.1) is 0 Å². The van der Waals surface area contributed by atoms with Gasteiger partial charge in [-0.2, -0.15) is 5.26 Å². The Morgan fingerprint density at radius 1 is 1.69 bits per heavy atom. The highest BCUT2D eigenvalue weighted by Gasteiger charge is 2.16. The summed E-state index contributed by atoms with van der Waals surface area (Å²) in [5.41, 5.74) is 6.82. The molecule has 1 heterocycles. The second-order valence-corrected chi connectivity index (χ2v) is 2.96. The van der Waals surface area contributed by atoms with Crippen LogP contribution in [0.25, 0.3) is 0 Å². The van der Waals surface area contributed by atoms with Gasteiger partial charge in [0.15, 0.2) is 0 Å². The van der Waals surface area contributed by atoms with Crippen molar-refractivity contribution in [2.45, 2.75) is 19.4 Å². The minimum atomic E-state index is -0.219. The smallest absolute Gasteiger partial charge is 0.0675 e. The standard InChI is InChI=1S/C10H13N3/c1-2-8(6-11)10(12)9-4-3-5-13-7-9/h3-5,7-8,10H,2,12H2,1H3. The lowest BCUT2D eigenvalue weighted by atomic mass is 9.94. The molecule has 68 valence electrons. The molecule has 0 aliphatic carbocycles. The van der Waals surface area contributed by atoms with Crippen LogP contribution in [-0.4, -0.2) is 4.98 Å². The third-order valence-electron chi connectivity index (χ3n) is 2.11. The molecule has 0 saturated carbocycles. The van der Waals surface area contributed by atoms with E-state index in [0.29, 0.717) is 0 Å². The van der Waals surface area contributed by atoms with Crippen LogP contribution in [0.5, 0.6) is 0 Å². The van der Waals surface area contributed by atoms with Gasteiger partial charge in [0.25, 0.3) is 0 Å². The Balaban J connectivity index is 2.79. The molecule has 1 rings (SSSR count). The second kappa shape index (κ2) is 4.58. The first-order chi connectivity index (χ1) is 6.29. The Morgan fingerprint density at radius 3 is 2.92 bits per heavy atom. The zero-order valence-electron chi connectivity index (χ0n) is 7.64. The van der Waals surface area contributed by atoms with Gasteiger partial charge in [-0.3, -0.25) is 4.98 Å². The molecular formula is C10H13N3. The summed E-state index contributed by atoms with van der Waals surface area (Å²) in [6.07, 6.45) is 4.18. The van der Waals surface area contributed by atoms with Gasteiger partial charge in [0.2, 0.25) is 0 Å². The van der Waals surface area contributed by atoms with Gasteiger partial charge in [-0.25, -0.2) is 0 Å². The van der Waals surface area contributed by atoms with E-state index in [-0.39, 0.29) is 12.0 Å². The molecule has 1 aromatic rings. The van der Waals surface area contributed by atoms with Gasteiger partial charge in [-0.05, 0) is 18.1 Å². The fraction of sp³-hybridized carbons (Fsp3) is 0.400. The summed E-state index contributed by atoms with van der Waals surface area (Å²) in [6, 6.07) is 5.71. The molecule has 1 aromatic heterocycles. The quantitative estimate of drug-likeness (QED) is 0.759. The summed E-state index contributed by atoms with van der Waals surface area (Å²) in [4.78, 5) is 3.97. The Labute approximate surface area is 78.2 Å². The number of nitrogens with two attached hydrogens (primary N) is 1. The lowest BCUT2D eigenvalue weighted by molar-refractivity contribution is 0.516. The number of nitrogens with zero attached hydrogens (tertiary/aromatic N) is 2. The van der Waals surface area contributed by atoms with Crippen LogP contribution < -0.4 is 5.73 Å². The van der Waals surface area contributed by atoms with E-state index in [1.807, 2.05) is 19.1 Å². The number of nitriles is 1. The molecule has 2 N–H and O–H groups in total. The molecule has 3 heteroatoms. The monoisotopic (exact) mass is 175 g/mol. The predicted octanol–water partition coefficient (Wildman–Crippen LogP) is 1.63. The zero-order chi connectivity index (χ0) is 9.68. The number of hydrogen-bond acceptors (Lipinski definition) is 3. The summed E-state index contributed by atoms with van der Waals surface area (Å²) in [7, 11) is 0. The molecule has 0 aliphatic heterocycles. The largest absolute Gasteiger partial charge is 0.323 e. The Bertz CT molecular complexity index is 289. The van der Waals surface area contributed by atoms with Crippen LogP contribution in [0, 0.1) is 17.2 Å². The van der Waals surface area contributed by atoms with Crippen LogP contribution in [0.15, 0.2) is 24.5 Å². The average Bonchev–Trinajstić information content (AvgIpc) is 2.21. The van der Waals surface area contributed by atoms with Crippen molar-refractivity contribution in [1.29, 1.82) is 5.26 Å². The average molecular weight is 175 g/mol. The van der Waals surface area contributed by atoms with Gasteiger partial charge < -0.3 is 5.73 Å². The van der Waals surface area contributed by atoms with Crippen LogP contribution in [-0.2, 0) is 0 Å². The van der Waals surface area contributed by atoms with Crippen molar-refractivity contribution in [2.75, 3.05) is 0 Å². The first-order valence-corrected chi connectivity index (χ1v) is 4.34. The molecule has 2 unspecified atom stereocenters. The molecule has 0 bridgehead atoms. The van der Waals surface area contributed by atoms with Gasteiger partial charge in [0.05, 0.1) is 12.0 Å². The topological polar surface area (TPSA) is 62.7 Å². The van der Waals surface area contributed by atoms with E-state index in [9.17, 15) is 0 Å². The van der Waals surface area contributed by atoms with Crippen molar-refractivity contribution in [3.8, 4) is 6.07 Å². The number of rotatable bonds is 3. The van der Waals surface area contributed by atoms with E-state index in [4.69, 9.17) is 11.0 Å². The summed E-state index contributed by atoms with van der Waals surface area (Å²) in [6.45, 7) is 1.96. The molecular weight excluding hydrogens is 162 g/mol. The predicted molar refractivity (Wildman–Crippen MR) is 50.6 cm³/mol. The SMILES string of the molecule is CCC(C#N)C(N)c1cccnc1. The van der Waals surface area contributed by atoms with Crippen LogP contribution in [0.3, 0.4) is 0 Å². The Kier molecular flexibility index (Phi) is 3.41. The summed E-state index contributed by atoms with van der Waals surface area (Å²) < 4.78 is 0. The van der Waals surface area contributed by atoms with Crippen molar-refractivity contribution in [1.82, 2.24) is 4.98 Å². The molecule has 0 radical (unpaired) electrons. The highest BCUT2D eigenvalue weighted by atomic mass is 14.7. The van der Waals surface area contributed by atoms with Crippen LogP contribution in [0.4, 0.5) is 0 Å². The number of pyridine rings is 1. The molecule has 0 amide bonds. The molecule has 0 aromatic carbocycles. The third-order valence-corrected chi connectivity index (χ3v) is 2.11. The van der Waals surface area contributed by atoms with Crippen LogP contribution in [0.2, 0.25) is 0 Å². The summed E-state index contributed by atoms with van der Waals surface area (Å²) in [5, 5.41) is 8.81. The zero-order valence-corrected chi connectivity index (χ0v) is 7.64. The van der Waals surface area contributed by atoms with Crippen molar-refractivity contribution in [3.05, 3.63) is 30.1 Å². The van der Waals surface area contributed by atoms with E-state index in [1.54, 1.807) is 12.4 Å². The minimum Gasteiger partial charge on any atom is -0.323 e. The summed E-state index contributed by atoms with van der Waals surface area (Å²) in [5.74, 6) is -0.121. The maximum absolute atomic E-state index is 8.81. The summed E-state index contributed by atoms with van der Waals surface area (Å²) >= 11 is 0. The van der Waals surface area contributed by atoms with E-state index >= 15 is 0 Å². The first-order valence-electron chi connectivity index (χ1n) is 4.34. The molecule has 0 spiro atoms. The maximum Gasteiger partial charge on any atom is 0.0675 e. The Hall–Kier alpha value is -1.40. The van der Waals surface area contributed by atoms with Crippen molar-refractivity contribution in [3.63, 3.8) is 0 Å². The van der Waals surface area contributed by atoms with Gasteiger partial charge in [0, 0.05) is 18.4 Å². The normalized spacial score (nSPS) is 14.5. The number of aromatic nitrogens is 1. The Morgan fingerprint density at radius 2 is 2.46 bits per heavy atom. The van der Waals surface area contributed by atoms with Crippen molar-refractivity contribution < 1.29 is 0 Å². The second-order valence-electron chi connectivity index (χ2n) is 2.96. The molecule has 13 heavy (non-hydrogen) atoms. The van der Waals surface area contributed by atoms with E-state index in [0.717, 1.165) is 12.0 Å². The van der Waals surface area contributed by atoms with E-state index in [1.165, 1.54) is 0 Å². The lowest BCUT2D eigenvalue weighted by Crippen LogP contribution is -2.19. The van der Waals surface area contributed by atoms with Gasteiger partial charge in [0.1, 0.15) is 0 Å².